The van der Waals surface area contributed by atoms with Crippen LogP contribution in [0.2, 0.25) is 0 Å². The predicted octanol–water partition coefficient (Wildman–Crippen LogP) is 1.87. The van der Waals surface area contributed by atoms with E-state index in [1.807, 2.05) is 23.6 Å². The van der Waals surface area contributed by atoms with E-state index in [9.17, 15) is 9.59 Å². The maximum absolute atomic E-state index is 15.3. The van der Waals surface area contributed by atoms with E-state index in [-0.39, 0.29) is 49.8 Å². The van der Waals surface area contributed by atoms with Crippen molar-refractivity contribution in [1.29, 1.82) is 0 Å². The zero-order valence-electron chi connectivity index (χ0n) is 19.4. The Morgan fingerprint density at radius 2 is 1.66 bits per heavy atom. The van der Waals surface area contributed by atoms with Gasteiger partial charge in [0, 0.05) is 24.7 Å². The first-order chi connectivity index (χ1) is 15.2. The van der Waals surface area contributed by atoms with Gasteiger partial charge in [0.25, 0.3) is 5.91 Å². The molecule has 0 radical (unpaired) electrons. The van der Waals surface area contributed by atoms with Crippen LogP contribution in [-0.4, -0.2) is 93.0 Å². The number of likely N-dealkylation sites (tertiary alicyclic amines) is 1. The van der Waals surface area contributed by atoms with Crippen LogP contribution in [-0.2, 0) is 9.53 Å². The molecule has 2 amide bonds. The minimum atomic E-state index is -1.50. The number of halogens is 1. The molecule has 0 spiro atoms. The number of methoxy groups -OCH3 is 2. The Morgan fingerprint density at radius 1 is 1.09 bits per heavy atom. The molecule has 178 valence electrons. The number of amides is 2. The van der Waals surface area contributed by atoms with Crippen LogP contribution in [0.3, 0.4) is 0 Å². The monoisotopic (exact) mass is 451 g/mol. The molecule has 2 aliphatic heterocycles. The number of rotatable bonds is 7. The average molecular weight is 452 g/mol. The van der Waals surface area contributed by atoms with Crippen LogP contribution in [0.1, 0.15) is 37.0 Å². The number of hydrogen-bond acceptors (Lipinski definition) is 6. The fourth-order valence-electron chi connectivity index (χ4n) is 4.34. The van der Waals surface area contributed by atoms with Crippen LogP contribution in [0.5, 0.6) is 11.5 Å². The van der Waals surface area contributed by atoms with Gasteiger partial charge in [-0.3, -0.25) is 14.5 Å². The van der Waals surface area contributed by atoms with Gasteiger partial charge in [0.05, 0.1) is 52.6 Å². The van der Waals surface area contributed by atoms with E-state index in [4.69, 9.17) is 14.2 Å². The molecule has 2 fully saturated rings. The summed E-state index contributed by atoms with van der Waals surface area (Å²) in [5.41, 5.74) is -1.15. The van der Waals surface area contributed by atoms with Gasteiger partial charge in [-0.2, -0.15) is 0 Å². The van der Waals surface area contributed by atoms with Crippen molar-refractivity contribution in [3.63, 3.8) is 0 Å². The lowest BCUT2D eigenvalue weighted by Gasteiger charge is -2.41. The van der Waals surface area contributed by atoms with Gasteiger partial charge in [-0.25, -0.2) is 4.39 Å². The van der Waals surface area contributed by atoms with Gasteiger partial charge in [0.2, 0.25) is 5.91 Å². The van der Waals surface area contributed by atoms with Crippen LogP contribution >= 0.6 is 0 Å². The Labute approximate surface area is 189 Å². The summed E-state index contributed by atoms with van der Waals surface area (Å²) < 4.78 is 31.2. The summed E-state index contributed by atoms with van der Waals surface area (Å²) in [6.45, 7) is 6.20. The number of benzene rings is 1. The number of morpholine rings is 1. The largest absolute Gasteiger partial charge is 0.497 e. The number of nitrogens with zero attached hydrogens (tertiary/aromatic N) is 2. The molecule has 0 aromatic heterocycles. The number of hydrogen-bond donors (Lipinski definition) is 1. The highest BCUT2D eigenvalue weighted by atomic mass is 19.1. The van der Waals surface area contributed by atoms with E-state index in [1.165, 1.54) is 14.2 Å². The van der Waals surface area contributed by atoms with E-state index in [0.29, 0.717) is 43.4 Å². The topological polar surface area (TPSA) is 80.3 Å². The normalized spacial score (nSPS) is 23.5. The maximum atomic E-state index is 15.3. The average Bonchev–Trinajstić information content (AvgIpc) is 2.78. The second kappa shape index (κ2) is 10.5. The van der Waals surface area contributed by atoms with Crippen molar-refractivity contribution < 1.29 is 28.2 Å². The summed E-state index contributed by atoms with van der Waals surface area (Å²) in [5, 5.41) is 2.70. The number of piperidine rings is 1. The fourth-order valence-corrected chi connectivity index (χ4v) is 4.34. The number of carbonyl (C=O) groups is 2. The minimum absolute atomic E-state index is 0.0433. The van der Waals surface area contributed by atoms with Crippen molar-refractivity contribution in [3.8, 4) is 11.5 Å². The quantitative estimate of drug-likeness (QED) is 0.682. The molecule has 1 aromatic rings. The summed E-state index contributed by atoms with van der Waals surface area (Å²) in [4.78, 5) is 29.2. The molecule has 1 aromatic carbocycles. The summed E-state index contributed by atoms with van der Waals surface area (Å²) in [6.07, 6.45) is 0.520. The van der Waals surface area contributed by atoms with Gasteiger partial charge >= 0.3 is 0 Å². The van der Waals surface area contributed by atoms with Crippen molar-refractivity contribution in [2.45, 2.75) is 44.4 Å². The van der Waals surface area contributed by atoms with E-state index in [0.717, 1.165) is 0 Å². The first-order valence-corrected chi connectivity index (χ1v) is 11.1. The molecule has 0 aliphatic carbocycles. The van der Waals surface area contributed by atoms with Crippen molar-refractivity contribution in [3.05, 3.63) is 23.8 Å². The van der Waals surface area contributed by atoms with Gasteiger partial charge < -0.3 is 24.4 Å². The van der Waals surface area contributed by atoms with Gasteiger partial charge in [0.15, 0.2) is 0 Å². The molecule has 0 unspecified atom stereocenters. The SMILES string of the molecule is COc1cc(OC)cc(C(=O)NCC2(F)CCN(CC(=O)N3[C@H](C)COC[C@H]3C)CC2)c1. The fraction of sp³-hybridized carbons (Fsp3) is 0.652. The lowest BCUT2D eigenvalue weighted by molar-refractivity contribution is -0.146. The third kappa shape index (κ3) is 5.89. The van der Waals surface area contributed by atoms with Gasteiger partial charge in [-0.15, -0.1) is 0 Å². The molecule has 3 rings (SSSR count). The number of alkyl halides is 1. The maximum Gasteiger partial charge on any atom is 0.251 e. The summed E-state index contributed by atoms with van der Waals surface area (Å²) in [6, 6.07) is 4.93. The van der Waals surface area contributed by atoms with E-state index in [2.05, 4.69) is 5.32 Å². The highest BCUT2D eigenvalue weighted by Crippen LogP contribution is 2.27. The lowest BCUT2D eigenvalue weighted by atomic mass is 9.93. The van der Waals surface area contributed by atoms with Crippen LogP contribution in [0.15, 0.2) is 18.2 Å². The molecule has 1 N–H and O–H groups in total. The molecule has 2 heterocycles. The van der Waals surface area contributed by atoms with E-state index >= 15 is 4.39 Å². The smallest absolute Gasteiger partial charge is 0.251 e. The van der Waals surface area contributed by atoms with Crippen molar-refractivity contribution >= 4 is 11.8 Å². The van der Waals surface area contributed by atoms with Crippen LogP contribution < -0.4 is 14.8 Å². The first-order valence-electron chi connectivity index (χ1n) is 11.1. The van der Waals surface area contributed by atoms with Crippen LogP contribution in [0.25, 0.3) is 0 Å². The number of carbonyl (C=O) groups excluding carboxylic acids is 2. The highest BCUT2D eigenvalue weighted by molar-refractivity contribution is 5.95. The Bertz CT molecular complexity index is 781. The van der Waals surface area contributed by atoms with Crippen molar-refractivity contribution in [1.82, 2.24) is 15.1 Å². The van der Waals surface area contributed by atoms with Crippen molar-refractivity contribution in [2.24, 2.45) is 0 Å². The first kappa shape index (κ1) is 24.3. The number of nitrogens with one attached hydrogen (secondary N) is 1. The van der Waals surface area contributed by atoms with Crippen LogP contribution in [0.4, 0.5) is 4.39 Å². The Hall–Kier alpha value is -2.39. The van der Waals surface area contributed by atoms with E-state index in [1.54, 1.807) is 18.2 Å². The second-order valence-corrected chi connectivity index (χ2v) is 8.75. The van der Waals surface area contributed by atoms with Crippen molar-refractivity contribution in [2.75, 3.05) is 53.6 Å². The molecule has 0 saturated carbocycles. The Morgan fingerprint density at radius 3 is 2.19 bits per heavy atom. The second-order valence-electron chi connectivity index (χ2n) is 8.75. The lowest BCUT2D eigenvalue weighted by Crippen LogP contribution is -2.56. The molecule has 32 heavy (non-hydrogen) atoms. The standard InChI is InChI=1S/C23H34FN3O5/c1-16-13-32-14-17(2)27(16)21(28)12-26-7-5-23(24,6-8-26)15-25-22(29)18-9-19(30-3)11-20(10-18)31-4/h9-11,16-17H,5-8,12-15H2,1-4H3,(H,25,29)/t16-,17-/m1/s1. The van der Waals surface area contributed by atoms with Gasteiger partial charge in [0.1, 0.15) is 17.2 Å². The van der Waals surface area contributed by atoms with Crippen LogP contribution in [0, 0.1) is 0 Å². The molecule has 9 heteroatoms. The Balaban J connectivity index is 1.50. The minimum Gasteiger partial charge on any atom is -0.497 e. The third-order valence-corrected chi connectivity index (χ3v) is 6.25. The summed E-state index contributed by atoms with van der Waals surface area (Å²) >= 11 is 0. The Kier molecular flexibility index (Phi) is 7.95. The highest BCUT2D eigenvalue weighted by Gasteiger charge is 2.37. The van der Waals surface area contributed by atoms with E-state index < -0.39 is 5.67 Å². The van der Waals surface area contributed by atoms with Gasteiger partial charge in [-0.1, -0.05) is 0 Å². The summed E-state index contributed by atoms with van der Waals surface area (Å²) in [7, 11) is 3.01. The molecule has 2 saturated heterocycles. The molecule has 8 nitrogen and oxygen atoms in total. The molecule has 2 atom stereocenters. The van der Waals surface area contributed by atoms with Gasteiger partial charge in [-0.05, 0) is 38.8 Å². The molecule has 2 aliphatic rings. The molecular weight excluding hydrogens is 417 g/mol. The third-order valence-electron chi connectivity index (χ3n) is 6.25. The molecular formula is C23H34FN3O5. The molecule has 0 bridgehead atoms. The zero-order valence-corrected chi connectivity index (χ0v) is 19.4. The summed E-state index contributed by atoms with van der Waals surface area (Å²) in [5.74, 6) is 0.657. The number of ether oxygens (including phenoxy) is 3. The predicted molar refractivity (Wildman–Crippen MR) is 118 cm³/mol. The zero-order chi connectivity index (χ0) is 23.3.